The summed E-state index contributed by atoms with van der Waals surface area (Å²) in [5.41, 5.74) is 6.03. The second-order valence-corrected chi connectivity index (χ2v) is 5.50. The third kappa shape index (κ3) is 6.30. The highest BCUT2D eigenvalue weighted by Gasteiger charge is 2.17. The molecular weight excluding hydrogens is 304 g/mol. The molecule has 0 aromatic carbocycles. The summed E-state index contributed by atoms with van der Waals surface area (Å²) in [5.74, 6) is 0.558. The SMILES string of the molecule is Cl.Nc1ccc(NC(=O)CNC(=O)CC2CCCCC2)cn1. The number of hydrogen-bond donors (Lipinski definition) is 3. The Hall–Kier alpha value is -1.82. The summed E-state index contributed by atoms with van der Waals surface area (Å²) in [7, 11) is 0. The van der Waals surface area contributed by atoms with Gasteiger partial charge in [-0.05, 0) is 30.9 Å². The quantitative estimate of drug-likeness (QED) is 0.772. The molecule has 1 fully saturated rings. The van der Waals surface area contributed by atoms with E-state index in [0.717, 1.165) is 12.8 Å². The minimum atomic E-state index is -0.265. The Bertz CT molecular complexity index is 487. The van der Waals surface area contributed by atoms with E-state index in [9.17, 15) is 9.59 Å². The molecule has 0 atom stereocenters. The van der Waals surface area contributed by atoms with Gasteiger partial charge in [0.25, 0.3) is 0 Å². The van der Waals surface area contributed by atoms with E-state index in [-0.39, 0.29) is 30.8 Å². The van der Waals surface area contributed by atoms with Crippen molar-refractivity contribution in [2.24, 2.45) is 5.92 Å². The Morgan fingerprint density at radius 1 is 1.18 bits per heavy atom. The largest absolute Gasteiger partial charge is 0.384 e. The molecule has 1 aromatic heterocycles. The van der Waals surface area contributed by atoms with Crippen LogP contribution in [0.4, 0.5) is 11.5 Å². The van der Waals surface area contributed by atoms with Crippen LogP contribution in [0.5, 0.6) is 0 Å². The molecule has 0 spiro atoms. The number of rotatable bonds is 5. The fraction of sp³-hybridized carbons (Fsp3) is 0.533. The van der Waals surface area contributed by atoms with Gasteiger partial charge in [0.2, 0.25) is 11.8 Å². The molecule has 1 aliphatic carbocycles. The lowest BCUT2D eigenvalue weighted by Crippen LogP contribution is -2.34. The summed E-state index contributed by atoms with van der Waals surface area (Å²) in [6.45, 7) is -0.0179. The molecule has 2 amide bonds. The van der Waals surface area contributed by atoms with E-state index >= 15 is 0 Å². The normalized spacial score (nSPS) is 14.7. The number of pyridine rings is 1. The Morgan fingerprint density at radius 2 is 1.91 bits per heavy atom. The Labute approximate surface area is 136 Å². The minimum Gasteiger partial charge on any atom is -0.384 e. The average Bonchev–Trinajstić information content (AvgIpc) is 2.49. The number of amides is 2. The summed E-state index contributed by atoms with van der Waals surface area (Å²) < 4.78 is 0. The predicted molar refractivity (Wildman–Crippen MR) is 88.7 cm³/mol. The van der Waals surface area contributed by atoms with Crippen LogP contribution in [0.15, 0.2) is 18.3 Å². The zero-order chi connectivity index (χ0) is 15.1. The molecule has 7 heteroatoms. The van der Waals surface area contributed by atoms with Crippen molar-refractivity contribution in [1.29, 1.82) is 0 Å². The van der Waals surface area contributed by atoms with Crippen LogP contribution in [0.1, 0.15) is 38.5 Å². The van der Waals surface area contributed by atoms with Crippen LogP contribution in [0, 0.1) is 5.92 Å². The van der Waals surface area contributed by atoms with Gasteiger partial charge in [-0.25, -0.2) is 4.98 Å². The zero-order valence-corrected chi connectivity index (χ0v) is 13.3. The number of aromatic nitrogens is 1. The number of nitrogens with zero attached hydrogens (tertiary/aromatic N) is 1. The Balaban J connectivity index is 0.00000242. The van der Waals surface area contributed by atoms with Crippen LogP contribution in [0.2, 0.25) is 0 Å². The smallest absolute Gasteiger partial charge is 0.243 e. The summed E-state index contributed by atoms with van der Waals surface area (Å²) >= 11 is 0. The molecule has 4 N–H and O–H groups in total. The third-order valence-corrected chi connectivity index (χ3v) is 3.72. The van der Waals surface area contributed by atoms with Crippen LogP contribution >= 0.6 is 12.4 Å². The van der Waals surface area contributed by atoms with Gasteiger partial charge in [-0.2, -0.15) is 0 Å². The van der Waals surface area contributed by atoms with E-state index in [2.05, 4.69) is 15.6 Å². The van der Waals surface area contributed by atoms with E-state index in [1.54, 1.807) is 12.1 Å². The van der Waals surface area contributed by atoms with Gasteiger partial charge in [0, 0.05) is 6.42 Å². The lowest BCUT2D eigenvalue weighted by atomic mass is 9.87. The maximum atomic E-state index is 11.8. The first kappa shape index (κ1) is 18.2. The molecule has 0 aliphatic heterocycles. The van der Waals surface area contributed by atoms with Gasteiger partial charge in [-0.15, -0.1) is 12.4 Å². The second-order valence-electron chi connectivity index (χ2n) is 5.50. The maximum absolute atomic E-state index is 11.8. The van der Waals surface area contributed by atoms with Crippen LogP contribution in [0.3, 0.4) is 0 Å². The van der Waals surface area contributed by atoms with Crippen molar-refractivity contribution in [3.8, 4) is 0 Å². The standard InChI is InChI=1S/C15H22N4O2.ClH/c16-13-7-6-12(9-17-13)19-15(21)10-18-14(20)8-11-4-2-1-3-5-11;/h6-7,9,11H,1-5,8,10H2,(H2,16,17)(H,18,20)(H,19,21);1H. The van der Waals surface area contributed by atoms with Gasteiger partial charge in [0.05, 0.1) is 18.4 Å². The molecule has 0 bridgehead atoms. The highest BCUT2D eigenvalue weighted by atomic mass is 35.5. The number of carbonyl (C=O) groups is 2. The fourth-order valence-electron chi connectivity index (χ4n) is 2.59. The van der Waals surface area contributed by atoms with Crippen LogP contribution in [-0.4, -0.2) is 23.3 Å². The van der Waals surface area contributed by atoms with E-state index < -0.39 is 0 Å². The molecule has 2 rings (SSSR count). The number of nitrogen functional groups attached to an aromatic ring is 1. The summed E-state index contributed by atoms with van der Waals surface area (Å²) in [5, 5.41) is 5.32. The lowest BCUT2D eigenvalue weighted by molar-refractivity contribution is -0.125. The average molecular weight is 327 g/mol. The van der Waals surface area contributed by atoms with Crippen LogP contribution in [-0.2, 0) is 9.59 Å². The molecule has 0 unspecified atom stereocenters. The van der Waals surface area contributed by atoms with Crippen LogP contribution < -0.4 is 16.4 Å². The lowest BCUT2D eigenvalue weighted by Gasteiger charge is -2.20. The number of nitrogens with two attached hydrogens (primary N) is 1. The van der Waals surface area contributed by atoms with E-state index in [0.29, 0.717) is 23.8 Å². The third-order valence-electron chi connectivity index (χ3n) is 3.72. The summed E-state index contributed by atoms with van der Waals surface area (Å²) in [4.78, 5) is 27.4. The molecule has 0 radical (unpaired) electrons. The van der Waals surface area contributed by atoms with E-state index in [1.165, 1.54) is 25.5 Å². The predicted octanol–water partition coefficient (Wildman–Crippen LogP) is 2.11. The molecular formula is C15H23ClN4O2. The van der Waals surface area contributed by atoms with Crippen molar-refractivity contribution >= 4 is 35.7 Å². The molecule has 22 heavy (non-hydrogen) atoms. The molecule has 1 saturated carbocycles. The second kappa shape index (κ2) is 9.25. The van der Waals surface area contributed by atoms with Crippen molar-refractivity contribution in [1.82, 2.24) is 10.3 Å². The van der Waals surface area contributed by atoms with Gasteiger partial charge in [-0.1, -0.05) is 19.3 Å². The molecule has 1 aliphatic rings. The maximum Gasteiger partial charge on any atom is 0.243 e. The first-order chi connectivity index (χ1) is 10.1. The van der Waals surface area contributed by atoms with Gasteiger partial charge in [-0.3, -0.25) is 9.59 Å². The summed E-state index contributed by atoms with van der Waals surface area (Å²) in [6, 6.07) is 3.28. The Morgan fingerprint density at radius 3 is 2.55 bits per heavy atom. The molecule has 1 aromatic rings. The molecule has 1 heterocycles. The Kier molecular flexibility index (Phi) is 7.66. The van der Waals surface area contributed by atoms with Gasteiger partial charge in [0.15, 0.2) is 0 Å². The topological polar surface area (TPSA) is 97.1 Å². The van der Waals surface area contributed by atoms with Crippen molar-refractivity contribution in [2.45, 2.75) is 38.5 Å². The first-order valence-electron chi connectivity index (χ1n) is 7.41. The number of anilines is 2. The fourth-order valence-corrected chi connectivity index (χ4v) is 2.59. The highest BCUT2D eigenvalue weighted by molar-refractivity contribution is 5.94. The minimum absolute atomic E-state index is 0. The zero-order valence-electron chi connectivity index (χ0n) is 12.5. The number of nitrogens with one attached hydrogen (secondary N) is 2. The van der Waals surface area contributed by atoms with Crippen molar-refractivity contribution in [2.75, 3.05) is 17.6 Å². The van der Waals surface area contributed by atoms with E-state index in [4.69, 9.17) is 5.73 Å². The van der Waals surface area contributed by atoms with Crippen molar-refractivity contribution in [3.63, 3.8) is 0 Å². The molecule has 0 saturated heterocycles. The van der Waals surface area contributed by atoms with E-state index in [1.807, 2.05) is 0 Å². The first-order valence-corrected chi connectivity index (χ1v) is 7.41. The number of hydrogen-bond acceptors (Lipinski definition) is 4. The van der Waals surface area contributed by atoms with Crippen molar-refractivity contribution < 1.29 is 9.59 Å². The summed E-state index contributed by atoms with van der Waals surface area (Å²) in [6.07, 6.45) is 7.95. The van der Waals surface area contributed by atoms with Gasteiger partial charge in [0.1, 0.15) is 5.82 Å². The van der Waals surface area contributed by atoms with Gasteiger partial charge < -0.3 is 16.4 Å². The number of halogens is 1. The molecule has 122 valence electrons. The van der Waals surface area contributed by atoms with Crippen LogP contribution in [0.25, 0.3) is 0 Å². The number of carbonyl (C=O) groups excluding carboxylic acids is 2. The monoisotopic (exact) mass is 326 g/mol. The molecule has 6 nitrogen and oxygen atoms in total. The highest BCUT2D eigenvalue weighted by Crippen LogP contribution is 2.25. The van der Waals surface area contributed by atoms with Gasteiger partial charge >= 0.3 is 0 Å². The van der Waals surface area contributed by atoms with Crippen molar-refractivity contribution in [3.05, 3.63) is 18.3 Å².